The van der Waals surface area contributed by atoms with Crippen LogP contribution in [0.4, 0.5) is 0 Å². The van der Waals surface area contributed by atoms with Gasteiger partial charge in [-0.25, -0.2) is 0 Å². The van der Waals surface area contributed by atoms with Crippen LogP contribution >= 0.6 is 0 Å². The van der Waals surface area contributed by atoms with E-state index in [-0.39, 0.29) is 5.91 Å². The van der Waals surface area contributed by atoms with Crippen molar-refractivity contribution in [3.63, 3.8) is 0 Å². The fourth-order valence-electron chi connectivity index (χ4n) is 4.08. The van der Waals surface area contributed by atoms with Crippen LogP contribution in [-0.4, -0.2) is 11.9 Å². The molecule has 0 saturated heterocycles. The van der Waals surface area contributed by atoms with E-state index in [2.05, 4.69) is 25.7 Å². The molecule has 2 bridgehead atoms. The average molecular weight is 235 g/mol. The maximum atomic E-state index is 11.4. The molecule has 1 amide bonds. The molecule has 0 aliphatic heterocycles. The van der Waals surface area contributed by atoms with E-state index in [4.69, 9.17) is 0 Å². The maximum Gasteiger partial charge on any atom is 0.243 e. The van der Waals surface area contributed by atoms with Crippen molar-refractivity contribution < 1.29 is 4.79 Å². The zero-order valence-corrected chi connectivity index (χ0v) is 11.1. The Bertz CT molecular complexity index is 299. The second kappa shape index (κ2) is 5.24. The van der Waals surface area contributed by atoms with Gasteiger partial charge in [-0.05, 0) is 49.0 Å². The van der Waals surface area contributed by atoms with Gasteiger partial charge in [0.2, 0.25) is 5.91 Å². The molecule has 96 valence electrons. The molecular weight excluding hydrogens is 210 g/mol. The van der Waals surface area contributed by atoms with Crippen LogP contribution in [0.5, 0.6) is 0 Å². The van der Waals surface area contributed by atoms with Crippen molar-refractivity contribution in [2.75, 3.05) is 0 Å². The third-order valence-electron chi connectivity index (χ3n) is 5.02. The number of hydrogen-bond acceptors (Lipinski definition) is 1. The van der Waals surface area contributed by atoms with Crippen LogP contribution in [0.3, 0.4) is 0 Å². The molecule has 17 heavy (non-hydrogen) atoms. The van der Waals surface area contributed by atoms with Crippen molar-refractivity contribution in [3.8, 4) is 0 Å². The highest BCUT2D eigenvalue weighted by atomic mass is 16.1. The molecule has 5 atom stereocenters. The highest BCUT2D eigenvalue weighted by Crippen LogP contribution is 2.53. The summed E-state index contributed by atoms with van der Waals surface area (Å²) in [6.45, 7) is 8.21. The minimum atomic E-state index is 0.00412. The van der Waals surface area contributed by atoms with Crippen molar-refractivity contribution in [1.29, 1.82) is 0 Å². The molecule has 5 unspecified atom stereocenters. The quantitative estimate of drug-likeness (QED) is 0.729. The van der Waals surface area contributed by atoms with Crippen LogP contribution in [0.2, 0.25) is 0 Å². The van der Waals surface area contributed by atoms with E-state index in [1.807, 2.05) is 0 Å². The standard InChI is InChI=1S/C15H25NO/c1-4-6-7-12-10(3)11-8-13(12)14(9-11)16-15(17)5-2/h5,10-14H,2,4,6-9H2,1,3H3,(H,16,17). The minimum Gasteiger partial charge on any atom is -0.350 e. The molecule has 0 aromatic heterocycles. The molecule has 2 rings (SSSR count). The molecule has 2 aliphatic rings. The van der Waals surface area contributed by atoms with Gasteiger partial charge in [0.1, 0.15) is 0 Å². The highest BCUT2D eigenvalue weighted by molar-refractivity contribution is 5.87. The fraction of sp³-hybridized carbons (Fsp3) is 0.800. The number of fused-ring (bicyclic) bond motifs is 2. The predicted octanol–water partition coefficient (Wildman–Crippen LogP) is 3.14. The van der Waals surface area contributed by atoms with Crippen LogP contribution in [-0.2, 0) is 4.79 Å². The molecule has 2 nitrogen and oxygen atoms in total. The Balaban J connectivity index is 1.96. The van der Waals surface area contributed by atoms with Crippen LogP contribution in [0.25, 0.3) is 0 Å². The summed E-state index contributed by atoms with van der Waals surface area (Å²) in [7, 11) is 0. The average Bonchev–Trinajstić information content (AvgIpc) is 2.85. The zero-order chi connectivity index (χ0) is 12.4. The minimum absolute atomic E-state index is 0.00412. The summed E-state index contributed by atoms with van der Waals surface area (Å²) in [5.74, 6) is 3.28. The molecule has 0 heterocycles. The highest BCUT2D eigenvalue weighted by Gasteiger charge is 2.50. The van der Waals surface area contributed by atoms with Crippen molar-refractivity contribution in [3.05, 3.63) is 12.7 Å². The van der Waals surface area contributed by atoms with Crippen molar-refractivity contribution in [2.45, 2.75) is 52.0 Å². The Morgan fingerprint density at radius 2 is 2.24 bits per heavy atom. The third kappa shape index (κ3) is 2.41. The molecule has 0 aromatic rings. The van der Waals surface area contributed by atoms with E-state index in [1.54, 1.807) is 0 Å². The molecule has 2 heteroatoms. The Morgan fingerprint density at radius 3 is 2.82 bits per heavy atom. The first kappa shape index (κ1) is 12.7. The molecule has 2 fully saturated rings. The summed E-state index contributed by atoms with van der Waals surface area (Å²) in [4.78, 5) is 11.4. The topological polar surface area (TPSA) is 29.1 Å². The van der Waals surface area contributed by atoms with Crippen LogP contribution in [0.1, 0.15) is 46.0 Å². The van der Waals surface area contributed by atoms with E-state index in [0.29, 0.717) is 6.04 Å². The summed E-state index contributed by atoms with van der Waals surface area (Å²) in [6, 6.07) is 0.420. The first-order valence-electron chi connectivity index (χ1n) is 7.10. The Labute approximate surface area is 105 Å². The summed E-state index contributed by atoms with van der Waals surface area (Å²) in [5, 5.41) is 3.13. The van der Waals surface area contributed by atoms with Gasteiger partial charge in [0.15, 0.2) is 0 Å². The predicted molar refractivity (Wildman–Crippen MR) is 70.5 cm³/mol. The van der Waals surface area contributed by atoms with Gasteiger partial charge < -0.3 is 5.32 Å². The number of carbonyl (C=O) groups excluding carboxylic acids is 1. The Kier molecular flexibility index (Phi) is 3.90. The maximum absolute atomic E-state index is 11.4. The molecule has 0 aromatic carbocycles. The van der Waals surface area contributed by atoms with Crippen molar-refractivity contribution in [2.24, 2.45) is 23.7 Å². The molecule has 2 aliphatic carbocycles. The summed E-state index contributed by atoms with van der Waals surface area (Å²) < 4.78 is 0. The molecular formula is C15H25NO. The molecule has 1 N–H and O–H groups in total. The lowest BCUT2D eigenvalue weighted by molar-refractivity contribution is -0.117. The van der Waals surface area contributed by atoms with E-state index in [0.717, 1.165) is 23.7 Å². The lowest BCUT2D eigenvalue weighted by atomic mass is 9.75. The van der Waals surface area contributed by atoms with Gasteiger partial charge in [0.25, 0.3) is 0 Å². The van der Waals surface area contributed by atoms with Crippen LogP contribution < -0.4 is 5.32 Å². The van der Waals surface area contributed by atoms with Crippen LogP contribution in [0, 0.1) is 23.7 Å². The molecule has 0 spiro atoms. The number of amides is 1. The number of hydrogen-bond donors (Lipinski definition) is 1. The Morgan fingerprint density at radius 1 is 1.47 bits per heavy atom. The lowest BCUT2D eigenvalue weighted by Gasteiger charge is -2.34. The zero-order valence-electron chi connectivity index (χ0n) is 11.1. The molecule has 2 saturated carbocycles. The molecule has 0 radical (unpaired) electrons. The van der Waals surface area contributed by atoms with Gasteiger partial charge in [0.05, 0.1) is 0 Å². The van der Waals surface area contributed by atoms with Gasteiger partial charge >= 0.3 is 0 Å². The number of carbonyl (C=O) groups is 1. The van der Waals surface area contributed by atoms with Gasteiger partial charge in [0, 0.05) is 6.04 Å². The van der Waals surface area contributed by atoms with Crippen LogP contribution in [0.15, 0.2) is 12.7 Å². The smallest absolute Gasteiger partial charge is 0.243 e. The van der Waals surface area contributed by atoms with Gasteiger partial charge in [-0.1, -0.05) is 33.3 Å². The second-order valence-electron chi connectivity index (χ2n) is 5.88. The summed E-state index contributed by atoms with van der Waals surface area (Å²) >= 11 is 0. The summed E-state index contributed by atoms with van der Waals surface area (Å²) in [5.41, 5.74) is 0. The Hall–Kier alpha value is -0.790. The first-order valence-corrected chi connectivity index (χ1v) is 7.10. The van der Waals surface area contributed by atoms with E-state index < -0.39 is 0 Å². The first-order chi connectivity index (χ1) is 8.17. The van der Waals surface area contributed by atoms with Gasteiger partial charge in [-0.2, -0.15) is 0 Å². The lowest BCUT2D eigenvalue weighted by Crippen LogP contribution is -2.42. The largest absolute Gasteiger partial charge is 0.350 e. The van der Waals surface area contributed by atoms with Crippen molar-refractivity contribution in [1.82, 2.24) is 5.32 Å². The van der Waals surface area contributed by atoms with Gasteiger partial charge in [-0.15, -0.1) is 0 Å². The number of nitrogens with one attached hydrogen (secondary N) is 1. The van der Waals surface area contributed by atoms with E-state index in [9.17, 15) is 4.79 Å². The second-order valence-corrected chi connectivity index (χ2v) is 5.88. The SMILES string of the molecule is C=CC(=O)NC1CC2CC1C(CCCC)C2C. The summed E-state index contributed by atoms with van der Waals surface area (Å²) in [6.07, 6.45) is 7.88. The third-order valence-corrected chi connectivity index (χ3v) is 5.02. The van der Waals surface area contributed by atoms with E-state index in [1.165, 1.54) is 38.2 Å². The van der Waals surface area contributed by atoms with Crippen molar-refractivity contribution >= 4 is 5.91 Å². The monoisotopic (exact) mass is 235 g/mol. The van der Waals surface area contributed by atoms with E-state index >= 15 is 0 Å². The number of unbranched alkanes of at least 4 members (excludes halogenated alkanes) is 1. The number of rotatable bonds is 5. The van der Waals surface area contributed by atoms with Gasteiger partial charge in [-0.3, -0.25) is 4.79 Å². The normalized spacial score (nSPS) is 39.3. The fourth-order valence-corrected chi connectivity index (χ4v) is 4.08.